The van der Waals surface area contributed by atoms with Gasteiger partial charge in [-0.1, -0.05) is 35.3 Å². The van der Waals surface area contributed by atoms with Crippen molar-refractivity contribution in [3.05, 3.63) is 76.7 Å². The minimum Gasteiger partial charge on any atom is -0.479 e. The number of hydrogen-bond acceptors (Lipinski definition) is 5. The quantitative estimate of drug-likeness (QED) is 0.602. The molecular formula is C20H16Cl2N4O3. The lowest BCUT2D eigenvalue weighted by atomic mass is 10.2. The molecule has 2 N–H and O–H groups in total. The molecule has 0 bridgehead atoms. The molecule has 0 radical (unpaired) electrons. The number of aromatic nitrogens is 2. The number of benzene rings is 2. The first-order valence-electron chi connectivity index (χ1n) is 8.53. The van der Waals surface area contributed by atoms with E-state index in [2.05, 4.69) is 20.6 Å². The molecule has 0 spiro atoms. The Morgan fingerprint density at radius 3 is 2.62 bits per heavy atom. The van der Waals surface area contributed by atoms with Crippen molar-refractivity contribution in [2.24, 2.45) is 0 Å². The maximum Gasteiger partial charge on any atom is 0.265 e. The minimum absolute atomic E-state index is 0.233. The van der Waals surface area contributed by atoms with E-state index in [0.29, 0.717) is 27.8 Å². The molecule has 0 aliphatic rings. The highest BCUT2D eigenvalue weighted by Gasteiger charge is 2.18. The predicted octanol–water partition coefficient (Wildman–Crippen LogP) is 4.44. The molecule has 3 aromatic rings. The van der Waals surface area contributed by atoms with Crippen molar-refractivity contribution in [1.82, 2.24) is 9.97 Å². The van der Waals surface area contributed by atoms with Crippen molar-refractivity contribution in [3.8, 4) is 5.75 Å². The van der Waals surface area contributed by atoms with E-state index >= 15 is 0 Å². The van der Waals surface area contributed by atoms with E-state index in [1.54, 1.807) is 49.4 Å². The lowest BCUT2D eigenvalue weighted by Gasteiger charge is -2.16. The molecule has 0 unspecified atom stereocenters. The van der Waals surface area contributed by atoms with Crippen LogP contribution in [0.5, 0.6) is 5.75 Å². The molecule has 3 rings (SSSR count). The molecule has 2 amide bonds. The van der Waals surface area contributed by atoms with Crippen molar-refractivity contribution in [1.29, 1.82) is 0 Å². The molecule has 1 atom stereocenters. The van der Waals surface area contributed by atoms with Crippen LogP contribution >= 0.6 is 23.2 Å². The van der Waals surface area contributed by atoms with Gasteiger partial charge >= 0.3 is 0 Å². The second kappa shape index (κ2) is 9.36. The first kappa shape index (κ1) is 20.6. The van der Waals surface area contributed by atoms with Crippen molar-refractivity contribution in [3.63, 3.8) is 0 Å². The summed E-state index contributed by atoms with van der Waals surface area (Å²) in [6.07, 6.45) is 3.57. The zero-order valence-electron chi connectivity index (χ0n) is 15.2. The number of nitrogens with one attached hydrogen (secondary N) is 2. The van der Waals surface area contributed by atoms with Gasteiger partial charge in [-0.3, -0.25) is 14.6 Å². The van der Waals surface area contributed by atoms with Crippen LogP contribution in [-0.2, 0) is 4.79 Å². The van der Waals surface area contributed by atoms with Crippen LogP contribution < -0.4 is 15.4 Å². The highest BCUT2D eigenvalue weighted by Crippen LogP contribution is 2.32. The van der Waals surface area contributed by atoms with E-state index in [9.17, 15) is 9.59 Å². The van der Waals surface area contributed by atoms with E-state index in [1.165, 1.54) is 18.6 Å². The standard InChI is InChI=1S/C20H16Cl2N4O3/c1-12(29-16-7-3-6-15(21)18(16)22)19(27)25-14-5-2-4-13(10-14)20(28)26-17-11-23-8-9-24-17/h2-12H,1H3,(H,25,27)(H,24,26,28)/t12-/m0/s1. The second-order valence-electron chi connectivity index (χ2n) is 5.93. The number of rotatable bonds is 6. The minimum atomic E-state index is -0.844. The largest absolute Gasteiger partial charge is 0.479 e. The molecule has 0 saturated heterocycles. The summed E-state index contributed by atoms with van der Waals surface area (Å²) in [7, 11) is 0. The van der Waals surface area contributed by atoms with Crippen LogP contribution in [0.15, 0.2) is 61.1 Å². The molecule has 2 aromatic carbocycles. The molecule has 1 aromatic heterocycles. The summed E-state index contributed by atoms with van der Waals surface area (Å²) in [5.41, 5.74) is 0.786. The normalized spacial score (nSPS) is 11.4. The summed E-state index contributed by atoms with van der Waals surface area (Å²) in [4.78, 5) is 32.7. The van der Waals surface area contributed by atoms with Gasteiger partial charge in [-0.05, 0) is 37.3 Å². The van der Waals surface area contributed by atoms with E-state index in [1.807, 2.05) is 0 Å². The Morgan fingerprint density at radius 1 is 1.07 bits per heavy atom. The molecule has 7 nitrogen and oxygen atoms in total. The van der Waals surface area contributed by atoms with E-state index in [4.69, 9.17) is 27.9 Å². The molecule has 0 aliphatic heterocycles. The Bertz CT molecular complexity index is 1030. The fourth-order valence-corrected chi connectivity index (χ4v) is 2.69. The summed E-state index contributed by atoms with van der Waals surface area (Å²) in [5, 5.41) is 5.90. The maximum absolute atomic E-state index is 12.5. The number of hydrogen-bond donors (Lipinski definition) is 2. The van der Waals surface area contributed by atoms with Crippen molar-refractivity contribution in [2.75, 3.05) is 10.6 Å². The smallest absolute Gasteiger partial charge is 0.265 e. The van der Waals surface area contributed by atoms with Gasteiger partial charge in [0.25, 0.3) is 11.8 Å². The fourth-order valence-electron chi connectivity index (χ4n) is 2.35. The van der Waals surface area contributed by atoms with Gasteiger partial charge in [-0.2, -0.15) is 0 Å². The number of amides is 2. The Kier molecular flexibility index (Phi) is 6.64. The van der Waals surface area contributed by atoms with Gasteiger partial charge in [0.1, 0.15) is 10.8 Å². The Balaban J connectivity index is 1.65. The second-order valence-corrected chi connectivity index (χ2v) is 6.71. The van der Waals surface area contributed by atoms with Crippen LogP contribution in [0, 0.1) is 0 Å². The van der Waals surface area contributed by atoms with Crippen LogP contribution in [0.3, 0.4) is 0 Å². The van der Waals surface area contributed by atoms with E-state index < -0.39 is 12.0 Å². The number of anilines is 2. The summed E-state index contributed by atoms with van der Waals surface area (Å²) in [6, 6.07) is 11.4. The van der Waals surface area contributed by atoms with Gasteiger partial charge in [0.2, 0.25) is 0 Å². The average Bonchev–Trinajstić information content (AvgIpc) is 2.72. The van der Waals surface area contributed by atoms with Crippen molar-refractivity contribution < 1.29 is 14.3 Å². The zero-order chi connectivity index (χ0) is 20.8. The number of halogens is 2. The number of carbonyl (C=O) groups excluding carboxylic acids is 2. The van der Waals surface area contributed by atoms with Gasteiger partial charge in [0.05, 0.1) is 11.2 Å². The highest BCUT2D eigenvalue weighted by molar-refractivity contribution is 6.42. The molecule has 0 saturated carbocycles. The van der Waals surface area contributed by atoms with Gasteiger partial charge < -0.3 is 15.4 Å². The van der Waals surface area contributed by atoms with Gasteiger partial charge in [0, 0.05) is 23.6 Å². The third-order valence-corrected chi connectivity index (χ3v) is 4.59. The first-order chi connectivity index (χ1) is 13.9. The molecule has 148 valence electrons. The number of nitrogens with zero attached hydrogens (tertiary/aromatic N) is 2. The third kappa shape index (κ3) is 5.43. The SMILES string of the molecule is C[C@H](Oc1cccc(Cl)c1Cl)C(=O)Nc1cccc(C(=O)Nc2cnccn2)c1. The summed E-state index contributed by atoms with van der Waals surface area (Å²) in [6.45, 7) is 1.58. The van der Waals surface area contributed by atoms with Crippen LogP contribution in [0.25, 0.3) is 0 Å². The topological polar surface area (TPSA) is 93.2 Å². The zero-order valence-corrected chi connectivity index (χ0v) is 16.7. The van der Waals surface area contributed by atoms with Gasteiger partial charge in [-0.25, -0.2) is 4.98 Å². The highest BCUT2D eigenvalue weighted by atomic mass is 35.5. The first-order valence-corrected chi connectivity index (χ1v) is 9.28. The molecule has 0 aliphatic carbocycles. The van der Waals surface area contributed by atoms with Crippen LogP contribution in [0.4, 0.5) is 11.5 Å². The van der Waals surface area contributed by atoms with Crippen molar-refractivity contribution in [2.45, 2.75) is 13.0 Å². The van der Waals surface area contributed by atoms with Gasteiger partial charge in [-0.15, -0.1) is 0 Å². The third-order valence-electron chi connectivity index (χ3n) is 3.79. The average molecular weight is 431 g/mol. The number of ether oxygens (including phenoxy) is 1. The predicted molar refractivity (Wildman–Crippen MR) is 112 cm³/mol. The van der Waals surface area contributed by atoms with E-state index in [0.717, 1.165) is 0 Å². The van der Waals surface area contributed by atoms with E-state index in [-0.39, 0.29) is 10.9 Å². The summed E-state index contributed by atoms with van der Waals surface area (Å²) in [5.74, 6) is -0.157. The molecule has 29 heavy (non-hydrogen) atoms. The Morgan fingerprint density at radius 2 is 1.86 bits per heavy atom. The van der Waals surface area contributed by atoms with Crippen molar-refractivity contribution >= 4 is 46.5 Å². The van der Waals surface area contributed by atoms with Crippen LogP contribution in [-0.4, -0.2) is 27.9 Å². The molecule has 9 heteroatoms. The van der Waals surface area contributed by atoms with Gasteiger partial charge in [0.15, 0.2) is 11.9 Å². The summed E-state index contributed by atoms with van der Waals surface area (Å²) >= 11 is 12.0. The molecular weight excluding hydrogens is 415 g/mol. The lowest BCUT2D eigenvalue weighted by Crippen LogP contribution is -2.30. The maximum atomic E-state index is 12.5. The molecule has 1 heterocycles. The lowest BCUT2D eigenvalue weighted by molar-refractivity contribution is -0.122. The summed E-state index contributed by atoms with van der Waals surface area (Å²) < 4.78 is 5.59. The monoisotopic (exact) mass is 430 g/mol. The number of carbonyl (C=O) groups is 2. The fraction of sp³-hybridized carbons (Fsp3) is 0.100. The van der Waals surface area contributed by atoms with Crippen LogP contribution in [0.1, 0.15) is 17.3 Å². The Hall–Kier alpha value is -3.16. The Labute approximate surface area is 177 Å². The van der Waals surface area contributed by atoms with Crippen LogP contribution in [0.2, 0.25) is 10.0 Å². The molecule has 0 fully saturated rings.